The van der Waals surface area contributed by atoms with Crippen LogP contribution < -0.4 is 10.6 Å². The lowest BCUT2D eigenvalue weighted by Crippen LogP contribution is -2.34. The second-order valence-corrected chi connectivity index (χ2v) is 4.70. The molecule has 2 N–H and O–H groups in total. The van der Waals surface area contributed by atoms with Crippen LogP contribution in [-0.2, 0) is 0 Å². The molecule has 1 heterocycles. The fraction of sp³-hybridized carbons (Fsp3) is 0.545. The van der Waals surface area contributed by atoms with Crippen LogP contribution in [0.4, 0.5) is 20.4 Å². The van der Waals surface area contributed by atoms with Crippen molar-refractivity contribution in [3.8, 4) is 0 Å². The Bertz CT molecular complexity index is 387. The zero-order valence-corrected chi connectivity index (χ0v) is 11.0. The number of anilines is 2. The number of nitrogens with two attached hydrogens (primary N) is 1. The minimum absolute atomic E-state index is 0.102. The fourth-order valence-corrected chi connectivity index (χ4v) is 2.43. The second kappa shape index (κ2) is 6.05. The van der Waals surface area contributed by atoms with Crippen molar-refractivity contribution in [2.24, 2.45) is 0 Å². The fourth-order valence-electron chi connectivity index (χ4n) is 1.59. The molecule has 0 fully saturated rings. The van der Waals surface area contributed by atoms with E-state index in [4.69, 9.17) is 5.73 Å². The molecule has 0 aliphatic heterocycles. The molecular formula is C11H17F2N3S. The van der Waals surface area contributed by atoms with Crippen LogP contribution in [0.1, 0.15) is 13.3 Å². The maximum atomic E-state index is 13.6. The smallest absolute Gasteiger partial charge is 0.168 e. The van der Waals surface area contributed by atoms with Crippen molar-refractivity contribution in [2.45, 2.75) is 19.4 Å². The summed E-state index contributed by atoms with van der Waals surface area (Å²) >= 11 is 1.67. The van der Waals surface area contributed by atoms with Crippen LogP contribution in [0.2, 0.25) is 0 Å². The Morgan fingerprint density at radius 3 is 2.65 bits per heavy atom. The zero-order valence-electron chi connectivity index (χ0n) is 10.2. The molecule has 6 heteroatoms. The van der Waals surface area contributed by atoms with Gasteiger partial charge in [-0.15, -0.1) is 0 Å². The largest absolute Gasteiger partial charge is 0.381 e. The summed E-state index contributed by atoms with van der Waals surface area (Å²) in [5.41, 5.74) is 5.36. The van der Waals surface area contributed by atoms with E-state index in [1.165, 1.54) is 0 Å². The SMILES string of the molecule is CCC(CSC)N(C)c1nc(N)c(F)cc1F. The molecule has 1 unspecified atom stereocenters. The molecule has 0 amide bonds. The highest BCUT2D eigenvalue weighted by molar-refractivity contribution is 7.98. The summed E-state index contributed by atoms with van der Waals surface area (Å²) in [5, 5.41) is 0. The Morgan fingerprint density at radius 2 is 2.12 bits per heavy atom. The molecule has 3 nitrogen and oxygen atoms in total. The molecule has 0 spiro atoms. The van der Waals surface area contributed by atoms with Gasteiger partial charge >= 0.3 is 0 Å². The monoisotopic (exact) mass is 261 g/mol. The van der Waals surface area contributed by atoms with Crippen LogP contribution >= 0.6 is 11.8 Å². The van der Waals surface area contributed by atoms with Crippen molar-refractivity contribution in [3.05, 3.63) is 17.7 Å². The van der Waals surface area contributed by atoms with Crippen molar-refractivity contribution >= 4 is 23.4 Å². The predicted octanol–water partition coefficient (Wildman–Crippen LogP) is 2.52. The van der Waals surface area contributed by atoms with Gasteiger partial charge in [0.2, 0.25) is 0 Å². The zero-order chi connectivity index (χ0) is 13.0. The van der Waals surface area contributed by atoms with E-state index in [1.54, 1.807) is 23.7 Å². The summed E-state index contributed by atoms with van der Waals surface area (Å²) in [5.74, 6) is -0.820. The lowest BCUT2D eigenvalue weighted by molar-refractivity contribution is 0.563. The number of nitrogen functional groups attached to an aromatic ring is 1. The van der Waals surface area contributed by atoms with E-state index in [-0.39, 0.29) is 17.7 Å². The highest BCUT2D eigenvalue weighted by Crippen LogP contribution is 2.23. The van der Waals surface area contributed by atoms with Crippen LogP contribution in [0.15, 0.2) is 6.07 Å². The number of halogens is 2. The molecule has 17 heavy (non-hydrogen) atoms. The molecule has 0 radical (unpaired) electrons. The summed E-state index contributed by atoms with van der Waals surface area (Å²) < 4.78 is 26.6. The van der Waals surface area contributed by atoms with E-state index in [0.717, 1.165) is 18.2 Å². The van der Waals surface area contributed by atoms with Gasteiger partial charge in [0, 0.05) is 24.9 Å². The first-order valence-corrected chi connectivity index (χ1v) is 6.73. The van der Waals surface area contributed by atoms with Gasteiger partial charge < -0.3 is 10.6 Å². The maximum Gasteiger partial charge on any atom is 0.168 e. The number of hydrogen-bond acceptors (Lipinski definition) is 4. The Balaban J connectivity index is 3.02. The van der Waals surface area contributed by atoms with Gasteiger partial charge in [-0.1, -0.05) is 6.92 Å². The standard InChI is InChI=1S/C11H17F2N3S/c1-4-7(6-17-3)16(2)11-9(13)5-8(12)10(14)15-11/h5,7H,4,6H2,1-3H3,(H2,14,15). The Labute approximate surface area is 104 Å². The summed E-state index contributed by atoms with van der Waals surface area (Å²) in [6.45, 7) is 2.02. The summed E-state index contributed by atoms with van der Waals surface area (Å²) in [7, 11) is 1.74. The summed E-state index contributed by atoms with van der Waals surface area (Å²) in [6.07, 6.45) is 2.84. The van der Waals surface area contributed by atoms with Crippen LogP contribution in [0.25, 0.3) is 0 Å². The molecule has 1 rings (SSSR count). The summed E-state index contributed by atoms with van der Waals surface area (Å²) in [4.78, 5) is 5.48. The number of aromatic nitrogens is 1. The van der Waals surface area contributed by atoms with Gasteiger partial charge in [-0.2, -0.15) is 11.8 Å². The van der Waals surface area contributed by atoms with Crippen molar-refractivity contribution in [3.63, 3.8) is 0 Å². The number of rotatable bonds is 5. The average molecular weight is 261 g/mol. The Morgan fingerprint density at radius 1 is 1.47 bits per heavy atom. The van der Waals surface area contributed by atoms with E-state index in [2.05, 4.69) is 4.98 Å². The average Bonchev–Trinajstić information content (AvgIpc) is 2.30. The predicted molar refractivity (Wildman–Crippen MR) is 69.4 cm³/mol. The molecular weight excluding hydrogens is 244 g/mol. The van der Waals surface area contributed by atoms with Crippen LogP contribution in [-0.4, -0.2) is 30.1 Å². The van der Waals surface area contributed by atoms with Crippen molar-refractivity contribution in [1.82, 2.24) is 4.98 Å². The molecule has 0 saturated heterocycles. The van der Waals surface area contributed by atoms with Gasteiger partial charge in [-0.25, -0.2) is 13.8 Å². The number of nitrogens with zero attached hydrogens (tertiary/aromatic N) is 2. The highest BCUT2D eigenvalue weighted by Gasteiger charge is 2.19. The molecule has 0 bridgehead atoms. The van der Waals surface area contributed by atoms with E-state index in [0.29, 0.717) is 0 Å². The van der Waals surface area contributed by atoms with Crippen molar-refractivity contribution in [1.29, 1.82) is 0 Å². The van der Waals surface area contributed by atoms with Gasteiger partial charge in [0.1, 0.15) is 0 Å². The molecule has 96 valence electrons. The summed E-state index contributed by atoms with van der Waals surface area (Å²) in [6, 6.07) is 0.928. The minimum atomic E-state index is -0.822. The van der Waals surface area contributed by atoms with Gasteiger partial charge in [0.25, 0.3) is 0 Å². The van der Waals surface area contributed by atoms with Gasteiger partial charge in [0.15, 0.2) is 23.3 Å². The molecule has 0 aromatic carbocycles. The third-order valence-corrected chi connectivity index (χ3v) is 3.37. The first-order chi connectivity index (χ1) is 8.01. The van der Waals surface area contributed by atoms with Crippen molar-refractivity contribution < 1.29 is 8.78 Å². The Kier molecular flexibility index (Phi) is 4.99. The first kappa shape index (κ1) is 14.0. The van der Waals surface area contributed by atoms with Crippen LogP contribution in [0.3, 0.4) is 0 Å². The molecule has 0 aliphatic rings. The molecule has 1 aromatic heterocycles. The van der Waals surface area contributed by atoms with E-state index in [1.807, 2.05) is 13.2 Å². The normalized spacial score (nSPS) is 12.5. The molecule has 0 aliphatic carbocycles. The molecule has 0 saturated carbocycles. The van der Waals surface area contributed by atoms with Crippen LogP contribution in [0, 0.1) is 11.6 Å². The lowest BCUT2D eigenvalue weighted by Gasteiger charge is -2.28. The number of hydrogen-bond donors (Lipinski definition) is 1. The third kappa shape index (κ3) is 3.21. The first-order valence-electron chi connectivity index (χ1n) is 5.34. The van der Waals surface area contributed by atoms with Gasteiger partial charge in [-0.05, 0) is 12.7 Å². The molecule has 1 aromatic rings. The maximum absolute atomic E-state index is 13.6. The lowest BCUT2D eigenvalue weighted by atomic mass is 10.2. The van der Waals surface area contributed by atoms with Crippen LogP contribution in [0.5, 0.6) is 0 Å². The number of thioether (sulfide) groups is 1. The topological polar surface area (TPSA) is 42.2 Å². The number of pyridine rings is 1. The van der Waals surface area contributed by atoms with E-state index >= 15 is 0 Å². The van der Waals surface area contributed by atoms with Crippen molar-refractivity contribution in [2.75, 3.05) is 29.7 Å². The third-order valence-electron chi connectivity index (χ3n) is 2.65. The molecule has 1 atom stereocenters. The minimum Gasteiger partial charge on any atom is -0.381 e. The van der Waals surface area contributed by atoms with E-state index in [9.17, 15) is 8.78 Å². The van der Waals surface area contributed by atoms with E-state index < -0.39 is 11.6 Å². The highest BCUT2D eigenvalue weighted by atomic mass is 32.2. The second-order valence-electron chi connectivity index (χ2n) is 3.79. The van der Waals surface area contributed by atoms with Gasteiger partial charge in [0.05, 0.1) is 0 Å². The quantitative estimate of drug-likeness (QED) is 0.884. The van der Waals surface area contributed by atoms with Gasteiger partial charge in [-0.3, -0.25) is 0 Å². The Hall–Kier alpha value is -1.04.